The first-order valence-electron chi connectivity index (χ1n) is 8.08. The number of hydrogen-bond acceptors (Lipinski definition) is 3. The Hall–Kier alpha value is -2.13. The maximum absolute atomic E-state index is 12.9. The van der Waals surface area contributed by atoms with Crippen LogP contribution in [0.25, 0.3) is 0 Å². The molecule has 2 aromatic carbocycles. The molecular weight excluding hydrogens is 286 g/mol. The highest BCUT2D eigenvalue weighted by Gasteiger charge is 2.22. The topological polar surface area (TPSA) is 29.5 Å². The average molecular weight is 311 g/mol. The second-order valence-corrected chi connectivity index (χ2v) is 5.96. The van der Waals surface area contributed by atoms with Crippen molar-refractivity contribution in [2.75, 3.05) is 27.2 Å². The largest absolute Gasteiger partial charge is 0.494 e. The molecule has 0 unspecified atom stereocenters. The first kappa shape index (κ1) is 17.2. The number of likely N-dealkylation sites (N-methyl/N-ethyl adjacent to an activating group) is 1. The molecule has 0 aromatic heterocycles. The molecule has 0 heterocycles. The van der Waals surface area contributed by atoms with Crippen LogP contribution in [0.2, 0.25) is 0 Å². The van der Waals surface area contributed by atoms with Crippen LogP contribution < -0.4 is 4.74 Å². The van der Waals surface area contributed by atoms with Gasteiger partial charge in [-0.15, -0.1) is 0 Å². The molecule has 0 aliphatic rings. The molecule has 23 heavy (non-hydrogen) atoms. The SMILES string of the molecule is CCCOc1ccc(C(=O)[C@H](CN(C)C)c2ccccc2)cc1. The van der Waals surface area contributed by atoms with Crippen LogP contribution in [0, 0.1) is 0 Å². The molecule has 0 amide bonds. The van der Waals surface area contributed by atoms with Gasteiger partial charge in [-0.05, 0) is 50.3 Å². The average Bonchev–Trinajstić information content (AvgIpc) is 2.58. The summed E-state index contributed by atoms with van der Waals surface area (Å²) in [6.45, 7) is 3.46. The lowest BCUT2D eigenvalue weighted by Gasteiger charge is -2.20. The molecule has 3 nitrogen and oxygen atoms in total. The number of ketones is 1. The normalized spacial score (nSPS) is 12.2. The summed E-state index contributed by atoms with van der Waals surface area (Å²) in [6, 6.07) is 17.4. The molecule has 0 saturated carbocycles. The monoisotopic (exact) mass is 311 g/mol. The minimum absolute atomic E-state index is 0.145. The molecule has 0 bridgehead atoms. The van der Waals surface area contributed by atoms with Crippen LogP contribution >= 0.6 is 0 Å². The molecule has 0 spiro atoms. The first-order chi connectivity index (χ1) is 11.1. The lowest BCUT2D eigenvalue weighted by molar-refractivity contribution is 0.0944. The molecular formula is C20H25NO2. The van der Waals surface area contributed by atoms with Crippen molar-refractivity contribution >= 4 is 5.78 Å². The van der Waals surface area contributed by atoms with Crippen LogP contribution in [0.15, 0.2) is 54.6 Å². The first-order valence-corrected chi connectivity index (χ1v) is 8.08. The second-order valence-electron chi connectivity index (χ2n) is 5.96. The molecule has 0 aliphatic carbocycles. The van der Waals surface area contributed by atoms with Crippen molar-refractivity contribution in [3.63, 3.8) is 0 Å². The molecule has 0 N–H and O–H groups in total. The van der Waals surface area contributed by atoms with Crippen LogP contribution in [0.5, 0.6) is 5.75 Å². The molecule has 2 aromatic rings. The van der Waals surface area contributed by atoms with E-state index in [0.29, 0.717) is 13.2 Å². The van der Waals surface area contributed by atoms with Gasteiger partial charge in [0, 0.05) is 12.1 Å². The summed E-state index contributed by atoms with van der Waals surface area (Å²) in [5.41, 5.74) is 1.78. The van der Waals surface area contributed by atoms with Crippen LogP contribution in [-0.2, 0) is 0 Å². The van der Waals surface area contributed by atoms with E-state index < -0.39 is 0 Å². The van der Waals surface area contributed by atoms with E-state index >= 15 is 0 Å². The fourth-order valence-electron chi connectivity index (χ4n) is 2.53. The van der Waals surface area contributed by atoms with Crippen molar-refractivity contribution < 1.29 is 9.53 Å². The summed E-state index contributed by atoms with van der Waals surface area (Å²) < 4.78 is 5.58. The summed E-state index contributed by atoms with van der Waals surface area (Å²) in [4.78, 5) is 15.0. The zero-order valence-electron chi connectivity index (χ0n) is 14.2. The van der Waals surface area contributed by atoms with Gasteiger partial charge in [0.25, 0.3) is 0 Å². The Labute approximate surface area is 138 Å². The van der Waals surface area contributed by atoms with E-state index in [9.17, 15) is 4.79 Å². The van der Waals surface area contributed by atoms with Gasteiger partial charge in [0.05, 0.1) is 12.5 Å². The molecule has 0 radical (unpaired) electrons. The number of carbonyl (C=O) groups is 1. The fraction of sp³-hybridized carbons (Fsp3) is 0.350. The van der Waals surface area contributed by atoms with Crippen molar-refractivity contribution in [1.82, 2.24) is 4.90 Å². The minimum atomic E-state index is -0.159. The molecule has 0 fully saturated rings. The van der Waals surface area contributed by atoms with E-state index in [1.807, 2.05) is 73.6 Å². The summed E-state index contributed by atoms with van der Waals surface area (Å²) >= 11 is 0. The highest BCUT2D eigenvalue weighted by atomic mass is 16.5. The standard InChI is InChI=1S/C20H25NO2/c1-4-14-23-18-12-10-17(11-13-18)20(22)19(15-21(2)3)16-8-6-5-7-9-16/h5-13,19H,4,14-15H2,1-3H3/t19-/m1/s1. The van der Waals surface area contributed by atoms with Crippen LogP contribution in [-0.4, -0.2) is 37.9 Å². The molecule has 3 heteroatoms. The van der Waals surface area contributed by atoms with Crippen molar-refractivity contribution in [2.45, 2.75) is 19.3 Å². The van der Waals surface area contributed by atoms with E-state index in [-0.39, 0.29) is 11.7 Å². The summed E-state index contributed by atoms with van der Waals surface area (Å²) in [7, 11) is 3.98. The van der Waals surface area contributed by atoms with Crippen molar-refractivity contribution in [3.05, 3.63) is 65.7 Å². The third-order valence-electron chi connectivity index (χ3n) is 3.68. The zero-order chi connectivity index (χ0) is 16.7. The lowest BCUT2D eigenvalue weighted by Crippen LogP contribution is -2.26. The van der Waals surface area contributed by atoms with Gasteiger partial charge in [-0.1, -0.05) is 37.3 Å². The Morgan fingerprint density at radius 1 is 1.04 bits per heavy atom. The third-order valence-corrected chi connectivity index (χ3v) is 3.68. The third kappa shape index (κ3) is 4.93. The fourth-order valence-corrected chi connectivity index (χ4v) is 2.53. The Bertz CT molecular complexity index is 605. The van der Waals surface area contributed by atoms with Gasteiger partial charge in [-0.3, -0.25) is 4.79 Å². The molecule has 0 aliphatic heterocycles. The number of benzene rings is 2. The van der Waals surface area contributed by atoms with Gasteiger partial charge in [-0.25, -0.2) is 0 Å². The second kappa shape index (κ2) is 8.49. The Morgan fingerprint density at radius 2 is 1.70 bits per heavy atom. The molecule has 2 rings (SSSR count). The highest BCUT2D eigenvalue weighted by molar-refractivity contribution is 6.01. The zero-order valence-corrected chi connectivity index (χ0v) is 14.2. The molecule has 1 atom stereocenters. The van der Waals surface area contributed by atoms with E-state index in [2.05, 4.69) is 6.92 Å². The number of Topliss-reactive ketones (excluding diaryl/α,β-unsaturated/α-hetero) is 1. The number of carbonyl (C=O) groups excluding carboxylic acids is 1. The number of nitrogens with zero attached hydrogens (tertiary/aromatic N) is 1. The summed E-state index contributed by atoms with van der Waals surface area (Å²) in [6.07, 6.45) is 0.972. The Kier molecular flexibility index (Phi) is 6.36. The maximum atomic E-state index is 12.9. The maximum Gasteiger partial charge on any atom is 0.171 e. The van der Waals surface area contributed by atoms with Crippen LogP contribution in [0.4, 0.5) is 0 Å². The number of rotatable bonds is 8. The van der Waals surface area contributed by atoms with Crippen molar-refractivity contribution in [1.29, 1.82) is 0 Å². The highest BCUT2D eigenvalue weighted by Crippen LogP contribution is 2.23. The van der Waals surface area contributed by atoms with Crippen molar-refractivity contribution in [3.8, 4) is 5.75 Å². The number of hydrogen-bond donors (Lipinski definition) is 0. The number of ether oxygens (including phenoxy) is 1. The molecule has 0 saturated heterocycles. The van der Waals surface area contributed by atoms with E-state index in [1.54, 1.807) is 0 Å². The summed E-state index contributed by atoms with van der Waals surface area (Å²) in [5, 5.41) is 0. The predicted molar refractivity (Wildman–Crippen MR) is 94.3 cm³/mol. The summed E-state index contributed by atoms with van der Waals surface area (Å²) in [5.74, 6) is 0.799. The quantitative estimate of drug-likeness (QED) is 0.690. The Morgan fingerprint density at radius 3 is 2.26 bits per heavy atom. The van der Waals surface area contributed by atoms with E-state index in [0.717, 1.165) is 23.3 Å². The van der Waals surface area contributed by atoms with Crippen LogP contribution in [0.3, 0.4) is 0 Å². The van der Waals surface area contributed by atoms with Gasteiger partial charge in [0.1, 0.15) is 5.75 Å². The molecule has 122 valence electrons. The van der Waals surface area contributed by atoms with E-state index in [1.165, 1.54) is 0 Å². The van der Waals surface area contributed by atoms with Gasteiger partial charge in [-0.2, -0.15) is 0 Å². The van der Waals surface area contributed by atoms with Gasteiger partial charge in [0.2, 0.25) is 0 Å². The van der Waals surface area contributed by atoms with Gasteiger partial charge >= 0.3 is 0 Å². The smallest absolute Gasteiger partial charge is 0.171 e. The van der Waals surface area contributed by atoms with Gasteiger partial charge < -0.3 is 9.64 Å². The van der Waals surface area contributed by atoms with Crippen molar-refractivity contribution in [2.24, 2.45) is 0 Å². The van der Waals surface area contributed by atoms with E-state index in [4.69, 9.17) is 4.74 Å². The van der Waals surface area contributed by atoms with Gasteiger partial charge in [0.15, 0.2) is 5.78 Å². The van der Waals surface area contributed by atoms with Crippen LogP contribution in [0.1, 0.15) is 35.2 Å². The predicted octanol–water partition coefficient (Wildman–Crippen LogP) is 4.00. The minimum Gasteiger partial charge on any atom is -0.494 e. The Balaban J connectivity index is 2.20. The lowest BCUT2D eigenvalue weighted by atomic mass is 9.90.